The average Bonchev–Trinajstić information content (AvgIpc) is 2.95. The predicted octanol–water partition coefficient (Wildman–Crippen LogP) is 3.10. The Hall–Kier alpha value is -2.88. The minimum Gasteiger partial charge on any atom is -0.477 e. The molecular weight excluding hydrogens is 254 g/mol. The SMILES string of the molecule is O=C(O)c1[nH]ccc1C(=O)c1cccc2ccccc12. The third kappa shape index (κ3) is 1.87. The number of carboxylic acids is 1. The first-order chi connectivity index (χ1) is 9.68. The lowest BCUT2D eigenvalue weighted by molar-refractivity contribution is 0.0687. The smallest absolute Gasteiger partial charge is 0.353 e. The summed E-state index contributed by atoms with van der Waals surface area (Å²) in [6.45, 7) is 0. The van der Waals surface area contributed by atoms with Crippen LogP contribution in [0.4, 0.5) is 0 Å². The van der Waals surface area contributed by atoms with E-state index in [0.717, 1.165) is 10.8 Å². The lowest BCUT2D eigenvalue weighted by Crippen LogP contribution is -2.08. The summed E-state index contributed by atoms with van der Waals surface area (Å²) in [5.74, 6) is -1.43. The topological polar surface area (TPSA) is 70.2 Å². The van der Waals surface area contributed by atoms with Crippen LogP contribution in [0.1, 0.15) is 26.4 Å². The van der Waals surface area contributed by atoms with Gasteiger partial charge in [0.1, 0.15) is 5.69 Å². The Kier molecular flexibility index (Phi) is 2.84. The molecule has 0 aliphatic rings. The highest BCUT2D eigenvalue weighted by atomic mass is 16.4. The molecule has 1 heterocycles. The molecule has 20 heavy (non-hydrogen) atoms. The number of carbonyl (C=O) groups excluding carboxylic acids is 1. The first kappa shape index (κ1) is 12.2. The van der Waals surface area contributed by atoms with Gasteiger partial charge in [0.25, 0.3) is 0 Å². The number of carbonyl (C=O) groups is 2. The summed E-state index contributed by atoms with van der Waals surface area (Å²) in [6, 6.07) is 14.4. The molecule has 0 fully saturated rings. The number of aromatic nitrogens is 1. The van der Waals surface area contributed by atoms with Crippen LogP contribution in [0.15, 0.2) is 54.7 Å². The Morgan fingerprint density at radius 1 is 0.900 bits per heavy atom. The van der Waals surface area contributed by atoms with E-state index in [1.165, 1.54) is 12.3 Å². The number of fused-ring (bicyclic) bond motifs is 1. The first-order valence-corrected chi connectivity index (χ1v) is 6.11. The largest absolute Gasteiger partial charge is 0.477 e. The fraction of sp³-hybridized carbons (Fsp3) is 0. The predicted molar refractivity (Wildman–Crippen MR) is 75.1 cm³/mol. The van der Waals surface area contributed by atoms with Gasteiger partial charge >= 0.3 is 5.97 Å². The minimum absolute atomic E-state index is 0.0806. The van der Waals surface area contributed by atoms with Crippen molar-refractivity contribution in [1.82, 2.24) is 4.98 Å². The van der Waals surface area contributed by atoms with Crippen molar-refractivity contribution in [3.8, 4) is 0 Å². The molecule has 0 saturated heterocycles. The molecule has 3 aromatic rings. The highest BCUT2D eigenvalue weighted by Crippen LogP contribution is 2.22. The van der Waals surface area contributed by atoms with Gasteiger partial charge in [-0.15, -0.1) is 0 Å². The van der Waals surface area contributed by atoms with Gasteiger partial charge in [-0.3, -0.25) is 4.79 Å². The van der Waals surface area contributed by atoms with Crippen molar-refractivity contribution >= 4 is 22.5 Å². The van der Waals surface area contributed by atoms with Crippen LogP contribution in [0, 0.1) is 0 Å². The Labute approximate surface area is 114 Å². The molecular formula is C16H11NO3. The summed E-state index contributed by atoms with van der Waals surface area (Å²) in [7, 11) is 0. The molecule has 0 spiro atoms. The van der Waals surface area contributed by atoms with Crippen molar-refractivity contribution in [3.05, 3.63) is 71.5 Å². The molecule has 0 unspecified atom stereocenters. The van der Waals surface area contributed by atoms with Gasteiger partial charge in [-0.05, 0) is 16.8 Å². The second-order valence-electron chi connectivity index (χ2n) is 4.43. The lowest BCUT2D eigenvalue weighted by atomic mass is 9.97. The molecule has 2 aromatic carbocycles. The van der Waals surface area contributed by atoms with E-state index in [1.807, 2.05) is 30.3 Å². The summed E-state index contributed by atoms with van der Waals surface area (Å²) < 4.78 is 0. The van der Waals surface area contributed by atoms with Crippen molar-refractivity contribution in [2.75, 3.05) is 0 Å². The molecule has 0 amide bonds. The summed E-state index contributed by atoms with van der Waals surface area (Å²) >= 11 is 0. The molecule has 1 aromatic heterocycles. The zero-order chi connectivity index (χ0) is 14.1. The number of nitrogens with one attached hydrogen (secondary N) is 1. The number of ketones is 1. The molecule has 0 atom stereocenters. The van der Waals surface area contributed by atoms with E-state index in [9.17, 15) is 9.59 Å². The summed E-state index contributed by atoms with van der Waals surface area (Å²) in [5.41, 5.74) is 0.599. The lowest BCUT2D eigenvalue weighted by Gasteiger charge is -2.05. The molecule has 0 bridgehead atoms. The van der Waals surface area contributed by atoms with Crippen LogP contribution in [0.3, 0.4) is 0 Å². The van der Waals surface area contributed by atoms with E-state index in [-0.39, 0.29) is 17.0 Å². The van der Waals surface area contributed by atoms with Crippen molar-refractivity contribution < 1.29 is 14.7 Å². The molecule has 98 valence electrons. The summed E-state index contributed by atoms with van der Waals surface area (Å²) in [6.07, 6.45) is 1.46. The maximum atomic E-state index is 12.6. The minimum atomic E-state index is -1.14. The number of benzene rings is 2. The maximum absolute atomic E-state index is 12.6. The summed E-state index contributed by atoms with van der Waals surface area (Å²) in [4.78, 5) is 26.2. The fourth-order valence-electron chi connectivity index (χ4n) is 2.30. The van der Waals surface area contributed by atoms with Crippen molar-refractivity contribution in [3.63, 3.8) is 0 Å². The van der Waals surface area contributed by atoms with E-state index < -0.39 is 5.97 Å². The molecule has 0 aliphatic heterocycles. The number of aromatic carboxylic acids is 1. The van der Waals surface area contributed by atoms with Crippen molar-refractivity contribution in [1.29, 1.82) is 0 Å². The average molecular weight is 265 g/mol. The Bertz CT molecular complexity index is 812. The zero-order valence-electron chi connectivity index (χ0n) is 10.5. The highest BCUT2D eigenvalue weighted by molar-refractivity contribution is 6.19. The van der Waals surface area contributed by atoms with Crippen LogP contribution >= 0.6 is 0 Å². The molecule has 4 heteroatoms. The van der Waals surface area contributed by atoms with E-state index >= 15 is 0 Å². The highest BCUT2D eigenvalue weighted by Gasteiger charge is 2.20. The number of rotatable bonds is 3. The third-order valence-electron chi connectivity index (χ3n) is 3.24. The van der Waals surface area contributed by atoms with Crippen LogP contribution in [0.5, 0.6) is 0 Å². The van der Waals surface area contributed by atoms with E-state index in [1.54, 1.807) is 12.1 Å². The second kappa shape index (κ2) is 4.66. The molecule has 3 rings (SSSR count). The van der Waals surface area contributed by atoms with Crippen LogP contribution in [-0.4, -0.2) is 21.8 Å². The van der Waals surface area contributed by atoms with Crippen LogP contribution < -0.4 is 0 Å². The van der Waals surface area contributed by atoms with Crippen molar-refractivity contribution in [2.24, 2.45) is 0 Å². The number of H-pyrrole nitrogens is 1. The van der Waals surface area contributed by atoms with Crippen LogP contribution in [0.2, 0.25) is 0 Å². The number of carboxylic acid groups (broad SMARTS) is 1. The molecule has 0 radical (unpaired) electrons. The van der Waals surface area contributed by atoms with E-state index in [0.29, 0.717) is 5.56 Å². The van der Waals surface area contributed by atoms with Gasteiger partial charge in [0.2, 0.25) is 0 Å². The molecule has 2 N–H and O–H groups in total. The van der Waals surface area contributed by atoms with Gasteiger partial charge in [-0.25, -0.2) is 4.79 Å². The zero-order valence-corrected chi connectivity index (χ0v) is 10.5. The van der Waals surface area contributed by atoms with Gasteiger partial charge < -0.3 is 10.1 Å². The molecule has 0 aliphatic carbocycles. The van der Waals surface area contributed by atoms with Crippen LogP contribution in [-0.2, 0) is 0 Å². The molecule has 0 saturated carbocycles. The Balaban J connectivity index is 2.18. The van der Waals surface area contributed by atoms with E-state index in [2.05, 4.69) is 4.98 Å². The van der Waals surface area contributed by atoms with Gasteiger partial charge in [0.15, 0.2) is 5.78 Å². The van der Waals surface area contributed by atoms with Gasteiger partial charge in [-0.1, -0.05) is 42.5 Å². The molecule has 4 nitrogen and oxygen atoms in total. The van der Waals surface area contributed by atoms with Gasteiger partial charge in [0, 0.05) is 11.8 Å². The normalized spacial score (nSPS) is 10.6. The first-order valence-electron chi connectivity index (χ1n) is 6.11. The van der Waals surface area contributed by atoms with Crippen molar-refractivity contribution in [2.45, 2.75) is 0 Å². The maximum Gasteiger partial charge on any atom is 0.353 e. The second-order valence-corrected chi connectivity index (χ2v) is 4.43. The summed E-state index contributed by atoms with van der Waals surface area (Å²) in [5, 5.41) is 10.8. The fourth-order valence-corrected chi connectivity index (χ4v) is 2.30. The number of hydrogen-bond acceptors (Lipinski definition) is 2. The van der Waals surface area contributed by atoms with Gasteiger partial charge in [0.05, 0.1) is 5.56 Å². The number of aromatic amines is 1. The third-order valence-corrected chi connectivity index (χ3v) is 3.24. The number of hydrogen-bond donors (Lipinski definition) is 2. The van der Waals surface area contributed by atoms with Crippen LogP contribution in [0.25, 0.3) is 10.8 Å². The Morgan fingerprint density at radius 3 is 2.45 bits per heavy atom. The quantitative estimate of drug-likeness (QED) is 0.715. The monoisotopic (exact) mass is 265 g/mol. The standard InChI is InChI=1S/C16H11NO3/c18-15(13-8-9-17-14(13)16(19)20)12-7-3-5-10-4-1-2-6-11(10)12/h1-9,17H,(H,19,20). The van der Waals surface area contributed by atoms with Gasteiger partial charge in [-0.2, -0.15) is 0 Å². The Morgan fingerprint density at radius 2 is 1.65 bits per heavy atom. The van der Waals surface area contributed by atoms with E-state index in [4.69, 9.17) is 5.11 Å².